The normalized spacial score (nSPS) is 15.4. The fourth-order valence-corrected chi connectivity index (χ4v) is 2.96. The van der Waals surface area contributed by atoms with E-state index in [0.29, 0.717) is 22.5 Å². The van der Waals surface area contributed by atoms with Crippen LogP contribution in [-0.2, 0) is 9.59 Å². The fraction of sp³-hybridized carbons (Fsp3) is 0.111. The molecule has 1 unspecified atom stereocenters. The molecule has 2 aromatic carbocycles. The van der Waals surface area contributed by atoms with E-state index in [0.717, 1.165) is 5.56 Å². The molecule has 0 fully saturated rings. The van der Waals surface area contributed by atoms with Gasteiger partial charge in [0, 0.05) is 16.3 Å². The van der Waals surface area contributed by atoms with Gasteiger partial charge in [0.1, 0.15) is 6.04 Å². The first-order valence-electron chi connectivity index (χ1n) is 7.98. The van der Waals surface area contributed by atoms with Gasteiger partial charge < -0.3 is 5.32 Å². The van der Waals surface area contributed by atoms with Crippen LogP contribution in [-0.4, -0.2) is 26.6 Å². The van der Waals surface area contributed by atoms with Crippen molar-refractivity contribution in [2.45, 2.75) is 12.5 Å². The van der Waals surface area contributed by atoms with Crippen molar-refractivity contribution in [1.82, 2.24) is 14.8 Å². The first kappa shape index (κ1) is 16.3. The molecule has 0 radical (unpaired) electrons. The highest BCUT2D eigenvalue weighted by Gasteiger charge is 2.35. The van der Waals surface area contributed by atoms with Crippen molar-refractivity contribution in [3.05, 3.63) is 59.6 Å². The van der Waals surface area contributed by atoms with Crippen LogP contribution in [0.1, 0.15) is 12.5 Å². The molecule has 3 aromatic rings. The van der Waals surface area contributed by atoms with E-state index in [4.69, 9.17) is 11.6 Å². The van der Waals surface area contributed by atoms with E-state index in [1.807, 2.05) is 30.3 Å². The summed E-state index contributed by atoms with van der Waals surface area (Å²) in [7, 11) is 0. The predicted molar refractivity (Wildman–Crippen MR) is 97.8 cm³/mol. The molecular formula is C18H14ClN5O2. The molecule has 8 heteroatoms. The lowest BCUT2D eigenvalue weighted by Crippen LogP contribution is -2.23. The molecule has 7 nitrogen and oxygen atoms in total. The second-order valence-corrected chi connectivity index (χ2v) is 6.27. The molecule has 130 valence electrons. The molecule has 0 bridgehead atoms. The van der Waals surface area contributed by atoms with E-state index in [1.165, 1.54) is 4.68 Å². The van der Waals surface area contributed by atoms with Crippen LogP contribution in [0.15, 0.2) is 54.6 Å². The van der Waals surface area contributed by atoms with Crippen molar-refractivity contribution in [2.75, 3.05) is 10.6 Å². The molecule has 2 amide bonds. The third kappa shape index (κ3) is 3.16. The van der Waals surface area contributed by atoms with Crippen LogP contribution >= 0.6 is 11.6 Å². The summed E-state index contributed by atoms with van der Waals surface area (Å²) in [5.41, 5.74) is 1.41. The topological polar surface area (TPSA) is 88.9 Å². The lowest BCUT2D eigenvalue weighted by atomic mass is 10.2. The SMILES string of the molecule is O=C(CC1C(=O)Nc2nc(-c3ccccc3)nn21)Nc1cccc(Cl)c1. The van der Waals surface area contributed by atoms with Crippen LogP contribution in [0.2, 0.25) is 5.02 Å². The number of carbonyl (C=O) groups excluding carboxylic acids is 2. The molecule has 26 heavy (non-hydrogen) atoms. The Balaban J connectivity index is 1.52. The standard InChI is InChI=1S/C18H14ClN5O2/c19-12-7-4-8-13(9-12)20-15(25)10-14-17(26)22-18-21-16(23-24(14)18)11-5-2-1-3-6-11/h1-9,14H,10H2,(H,20,25)(H,21,22,23,26). The van der Waals surface area contributed by atoms with Crippen molar-refractivity contribution in [1.29, 1.82) is 0 Å². The maximum atomic E-state index is 12.3. The van der Waals surface area contributed by atoms with Crippen LogP contribution in [0.5, 0.6) is 0 Å². The number of halogens is 1. The molecule has 2 N–H and O–H groups in total. The van der Waals surface area contributed by atoms with Crippen molar-refractivity contribution in [3.8, 4) is 11.4 Å². The molecule has 0 aliphatic carbocycles. The molecule has 2 heterocycles. The summed E-state index contributed by atoms with van der Waals surface area (Å²) in [5, 5.41) is 10.3. The quantitative estimate of drug-likeness (QED) is 0.741. The average Bonchev–Trinajstić information content (AvgIpc) is 3.15. The van der Waals surface area contributed by atoms with Gasteiger partial charge in [-0.15, -0.1) is 5.10 Å². The summed E-state index contributed by atoms with van der Waals surface area (Å²) in [4.78, 5) is 28.8. The summed E-state index contributed by atoms with van der Waals surface area (Å²) in [6, 6.07) is 15.5. The Labute approximate surface area is 154 Å². The third-order valence-corrected chi connectivity index (χ3v) is 4.22. The Bertz CT molecular complexity index is 986. The largest absolute Gasteiger partial charge is 0.326 e. The molecule has 0 spiro atoms. The molecule has 4 rings (SSSR count). The van der Waals surface area contributed by atoms with Crippen LogP contribution in [0.3, 0.4) is 0 Å². The third-order valence-electron chi connectivity index (χ3n) is 3.98. The average molecular weight is 368 g/mol. The van der Waals surface area contributed by atoms with E-state index in [9.17, 15) is 9.59 Å². The van der Waals surface area contributed by atoms with E-state index < -0.39 is 6.04 Å². The van der Waals surface area contributed by atoms with Gasteiger partial charge >= 0.3 is 0 Å². The predicted octanol–water partition coefficient (Wildman–Crippen LogP) is 3.12. The lowest BCUT2D eigenvalue weighted by molar-refractivity contribution is -0.123. The van der Waals surface area contributed by atoms with Gasteiger partial charge in [-0.25, -0.2) is 4.68 Å². The van der Waals surface area contributed by atoms with E-state index in [2.05, 4.69) is 20.7 Å². The lowest BCUT2D eigenvalue weighted by Gasteiger charge is -2.10. The van der Waals surface area contributed by atoms with Gasteiger partial charge in [-0.3, -0.25) is 14.9 Å². The van der Waals surface area contributed by atoms with Gasteiger partial charge in [0.15, 0.2) is 5.82 Å². The van der Waals surface area contributed by atoms with E-state index in [-0.39, 0.29) is 18.2 Å². The Morgan fingerprint density at radius 2 is 2.00 bits per heavy atom. The summed E-state index contributed by atoms with van der Waals surface area (Å²) >= 11 is 5.91. The first-order valence-corrected chi connectivity index (χ1v) is 8.36. The van der Waals surface area contributed by atoms with E-state index in [1.54, 1.807) is 24.3 Å². The molecule has 1 aliphatic heterocycles. The highest BCUT2D eigenvalue weighted by molar-refractivity contribution is 6.30. The smallest absolute Gasteiger partial charge is 0.252 e. The molecule has 0 saturated heterocycles. The zero-order valence-corrected chi connectivity index (χ0v) is 14.3. The van der Waals surface area contributed by atoms with Gasteiger partial charge in [0.2, 0.25) is 11.9 Å². The minimum absolute atomic E-state index is 0.0526. The Kier molecular flexibility index (Phi) is 4.14. The second kappa shape index (κ2) is 6.61. The number of hydrogen-bond donors (Lipinski definition) is 2. The Hall–Kier alpha value is -3.19. The van der Waals surface area contributed by atoms with Crippen LogP contribution < -0.4 is 10.6 Å². The number of amides is 2. The van der Waals surface area contributed by atoms with E-state index >= 15 is 0 Å². The van der Waals surface area contributed by atoms with Gasteiger partial charge in [0.25, 0.3) is 5.91 Å². The minimum atomic E-state index is -0.742. The zero-order valence-electron chi connectivity index (χ0n) is 13.5. The second-order valence-electron chi connectivity index (χ2n) is 5.84. The summed E-state index contributed by atoms with van der Waals surface area (Å²) in [6.07, 6.45) is -0.0526. The molecule has 1 atom stereocenters. The summed E-state index contributed by atoms with van der Waals surface area (Å²) in [6.45, 7) is 0. The molecular weight excluding hydrogens is 354 g/mol. The highest BCUT2D eigenvalue weighted by atomic mass is 35.5. The van der Waals surface area contributed by atoms with Crippen molar-refractivity contribution in [3.63, 3.8) is 0 Å². The van der Waals surface area contributed by atoms with Crippen LogP contribution in [0.4, 0.5) is 11.6 Å². The summed E-state index contributed by atoms with van der Waals surface area (Å²) < 4.78 is 1.46. The maximum absolute atomic E-state index is 12.3. The number of hydrogen-bond acceptors (Lipinski definition) is 4. The maximum Gasteiger partial charge on any atom is 0.252 e. The number of fused-ring (bicyclic) bond motifs is 1. The first-order chi connectivity index (χ1) is 12.6. The number of rotatable bonds is 4. The van der Waals surface area contributed by atoms with Gasteiger partial charge in [-0.05, 0) is 18.2 Å². The summed E-state index contributed by atoms with van der Waals surface area (Å²) in [5.74, 6) is 0.230. The fourth-order valence-electron chi connectivity index (χ4n) is 2.77. The van der Waals surface area contributed by atoms with Crippen LogP contribution in [0, 0.1) is 0 Å². The number of nitrogens with zero attached hydrogens (tertiary/aromatic N) is 3. The van der Waals surface area contributed by atoms with Crippen molar-refractivity contribution >= 4 is 35.1 Å². The Morgan fingerprint density at radius 1 is 1.19 bits per heavy atom. The minimum Gasteiger partial charge on any atom is -0.326 e. The number of carbonyl (C=O) groups is 2. The van der Waals surface area contributed by atoms with Gasteiger partial charge in [-0.2, -0.15) is 4.98 Å². The number of anilines is 2. The number of benzene rings is 2. The van der Waals surface area contributed by atoms with Crippen molar-refractivity contribution < 1.29 is 9.59 Å². The Morgan fingerprint density at radius 3 is 2.77 bits per heavy atom. The molecule has 1 aromatic heterocycles. The van der Waals surface area contributed by atoms with Crippen molar-refractivity contribution in [2.24, 2.45) is 0 Å². The number of nitrogens with one attached hydrogen (secondary N) is 2. The number of aromatic nitrogens is 3. The van der Waals surface area contributed by atoms with Gasteiger partial charge in [0.05, 0.1) is 6.42 Å². The highest BCUT2D eigenvalue weighted by Crippen LogP contribution is 2.28. The van der Waals surface area contributed by atoms with Gasteiger partial charge in [-0.1, -0.05) is 48.0 Å². The van der Waals surface area contributed by atoms with Crippen LogP contribution in [0.25, 0.3) is 11.4 Å². The zero-order chi connectivity index (χ0) is 18.1. The molecule has 1 aliphatic rings. The monoisotopic (exact) mass is 367 g/mol. The molecule has 0 saturated carbocycles.